The molecule has 0 aromatic heterocycles. The van der Waals surface area contributed by atoms with Gasteiger partial charge < -0.3 is 24.2 Å². The maximum absolute atomic E-state index is 13.0. The van der Waals surface area contributed by atoms with Gasteiger partial charge in [0, 0.05) is 38.3 Å². The molecule has 0 radical (unpaired) electrons. The van der Waals surface area contributed by atoms with Crippen LogP contribution in [0.1, 0.15) is 62.2 Å². The van der Waals surface area contributed by atoms with Crippen LogP contribution in [-0.4, -0.2) is 85.7 Å². The van der Waals surface area contributed by atoms with Crippen LogP contribution in [0.5, 0.6) is 11.5 Å². The maximum Gasteiger partial charge on any atom is 0.257 e. The van der Waals surface area contributed by atoms with Crippen LogP contribution in [0.15, 0.2) is 18.2 Å². The van der Waals surface area contributed by atoms with Crippen LogP contribution in [0, 0.1) is 0 Å². The fraction of sp³-hybridized carbons (Fsp3) is 0.720. The van der Waals surface area contributed by atoms with E-state index in [2.05, 4.69) is 16.7 Å². The number of hydrogen-bond donors (Lipinski definition) is 0. The number of amides is 1. The lowest BCUT2D eigenvalue weighted by molar-refractivity contribution is 0.0476. The fourth-order valence-corrected chi connectivity index (χ4v) is 5.36. The van der Waals surface area contributed by atoms with E-state index in [1.54, 1.807) is 7.11 Å². The Bertz CT molecular complexity index is 719. The number of piperidine rings is 2. The van der Waals surface area contributed by atoms with Crippen molar-refractivity contribution >= 4 is 5.91 Å². The van der Waals surface area contributed by atoms with Crippen molar-refractivity contribution in [3.63, 3.8) is 0 Å². The molecule has 0 bridgehead atoms. The third kappa shape index (κ3) is 5.53. The number of likely N-dealkylation sites (tertiary alicyclic amines) is 3. The summed E-state index contributed by atoms with van der Waals surface area (Å²) in [6.07, 6.45) is 8.20. The molecular weight excluding hydrogens is 390 g/mol. The fourth-order valence-electron chi connectivity index (χ4n) is 5.36. The topological polar surface area (TPSA) is 45.3 Å². The summed E-state index contributed by atoms with van der Waals surface area (Å²) in [4.78, 5) is 20.3. The van der Waals surface area contributed by atoms with Crippen LogP contribution < -0.4 is 9.47 Å². The van der Waals surface area contributed by atoms with E-state index in [1.807, 2.05) is 23.1 Å². The molecule has 3 aliphatic heterocycles. The molecule has 0 N–H and O–H groups in total. The van der Waals surface area contributed by atoms with Crippen molar-refractivity contribution < 1.29 is 14.3 Å². The Morgan fingerprint density at radius 2 is 1.71 bits per heavy atom. The number of carbonyl (C=O) groups excluding carboxylic acids is 1. The highest BCUT2D eigenvalue weighted by Crippen LogP contribution is 2.30. The maximum atomic E-state index is 13.0. The van der Waals surface area contributed by atoms with Crippen LogP contribution in [0.25, 0.3) is 0 Å². The normalized spacial score (nSPS) is 22.1. The molecule has 31 heavy (non-hydrogen) atoms. The highest BCUT2D eigenvalue weighted by molar-refractivity contribution is 5.97. The average molecular weight is 430 g/mol. The molecule has 1 aromatic carbocycles. The third-order valence-electron chi connectivity index (χ3n) is 7.20. The van der Waals surface area contributed by atoms with E-state index in [0.717, 1.165) is 63.7 Å². The third-order valence-corrected chi connectivity index (χ3v) is 7.20. The smallest absolute Gasteiger partial charge is 0.257 e. The van der Waals surface area contributed by atoms with Crippen LogP contribution in [0.2, 0.25) is 0 Å². The Labute approximate surface area is 187 Å². The van der Waals surface area contributed by atoms with Gasteiger partial charge in [0.15, 0.2) is 0 Å². The number of benzene rings is 1. The summed E-state index contributed by atoms with van der Waals surface area (Å²) in [7, 11) is 1.66. The highest BCUT2D eigenvalue weighted by atomic mass is 16.5. The quantitative estimate of drug-likeness (QED) is 0.662. The summed E-state index contributed by atoms with van der Waals surface area (Å²) in [5, 5.41) is 0. The minimum Gasteiger partial charge on any atom is -0.497 e. The molecule has 4 rings (SSSR count). The van der Waals surface area contributed by atoms with Gasteiger partial charge in [-0.1, -0.05) is 6.92 Å². The standard InChI is InChI=1S/C25H39N3O3/c1-3-12-26-15-8-20(9-16-26)27-17-10-21(11-18-27)31-24-19-22(30-2)6-7-23(24)25(29)28-13-4-5-14-28/h6-7,19-21H,3-5,8-18H2,1-2H3. The van der Waals surface area contributed by atoms with Crippen LogP contribution in [-0.2, 0) is 0 Å². The summed E-state index contributed by atoms with van der Waals surface area (Å²) < 4.78 is 11.8. The molecule has 6 nitrogen and oxygen atoms in total. The second-order valence-corrected chi connectivity index (χ2v) is 9.29. The number of hydrogen-bond acceptors (Lipinski definition) is 5. The minimum absolute atomic E-state index is 0.0893. The zero-order valence-electron chi connectivity index (χ0n) is 19.4. The highest BCUT2D eigenvalue weighted by Gasteiger charge is 2.30. The van der Waals surface area contributed by atoms with E-state index in [4.69, 9.17) is 9.47 Å². The first-order valence-corrected chi connectivity index (χ1v) is 12.3. The van der Waals surface area contributed by atoms with E-state index in [-0.39, 0.29) is 12.0 Å². The number of ether oxygens (including phenoxy) is 2. The van der Waals surface area contributed by atoms with Crippen molar-refractivity contribution in [2.45, 2.75) is 64.0 Å². The van der Waals surface area contributed by atoms with Gasteiger partial charge in [-0.3, -0.25) is 4.79 Å². The first-order chi connectivity index (χ1) is 15.2. The molecule has 3 heterocycles. The Morgan fingerprint density at radius 1 is 1.00 bits per heavy atom. The van der Waals surface area contributed by atoms with Gasteiger partial charge in [0.05, 0.1) is 12.7 Å². The SMILES string of the molecule is CCCN1CCC(N2CCC(Oc3cc(OC)ccc3C(=O)N3CCCC3)CC2)CC1. The zero-order valence-corrected chi connectivity index (χ0v) is 19.4. The molecule has 1 amide bonds. The minimum atomic E-state index is 0.0893. The first kappa shape index (κ1) is 22.4. The lowest BCUT2D eigenvalue weighted by Crippen LogP contribution is -2.49. The van der Waals surface area contributed by atoms with Crippen molar-refractivity contribution in [2.75, 3.05) is 52.9 Å². The monoisotopic (exact) mass is 429 g/mol. The average Bonchev–Trinajstić information content (AvgIpc) is 3.35. The van der Waals surface area contributed by atoms with Gasteiger partial charge >= 0.3 is 0 Å². The van der Waals surface area contributed by atoms with Crippen LogP contribution in [0.4, 0.5) is 0 Å². The Hall–Kier alpha value is -1.79. The van der Waals surface area contributed by atoms with E-state index in [9.17, 15) is 4.79 Å². The molecule has 1 aromatic rings. The van der Waals surface area contributed by atoms with Crippen LogP contribution in [0.3, 0.4) is 0 Å². The number of methoxy groups -OCH3 is 1. The lowest BCUT2D eigenvalue weighted by Gasteiger charge is -2.41. The van der Waals surface area contributed by atoms with E-state index in [1.165, 1.54) is 38.9 Å². The number of rotatable bonds is 7. The largest absolute Gasteiger partial charge is 0.497 e. The summed E-state index contributed by atoms with van der Waals surface area (Å²) >= 11 is 0. The molecule has 0 atom stereocenters. The van der Waals surface area contributed by atoms with Gasteiger partial charge in [0.2, 0.25) is 0 Å². The molecule has 0 unspecified atom stereocenters. The van der Waals surface area contributed by atoms with E-state index in [0.29, 0.717) is 11.3 Å². The van der Waals surface area contributed by atoms with Crippen molar-refractivity contribution in [3.8, 4) is 11.5 Å². The molecule has 172 valence electrons. The number of carbonyl (C=O) groups is 1. The summed E-state index contributed by atoms with van der Waals surface area (Å²) in [6.45, 7) is 9.84. The molecule has 3 aliphatic rings. The Kier molecular flexibility index (Phi) is 7.72. The predicted octanol–water partition coefficient (Wildman–Crippen LogP) is 3.65. The van der Waals surface area contributed by atoms with E-state index >= 15 is 0 Å². The first-order valence-electron chi connectivity index (χ1n) is 12.3. The van der Waals surface area contributed by atoms with Gasteiger partial charge in [-0.05, 0) is 76.7 Å². The van der Waals surface area contributed by atoms with Crippen molar-refractivity contribution in [2.24, 2.45) is 0 Å². The van der Waals surface area contributed by atoms with Crippen LogP contribution >= 0.6 is 0 Å². The summed E-state index contributed by atoms with van der Waals surface area (Å²) in [5.74, 6) is 1.51. The molecule has 3 saturated heterocycles. The summed E-state index contributed by atoms with van der Waals surface area (Å²) in [6, 6.07) is 6.34. The van der Waals surface area contributed by atoms with Gasteiger partial charge in [-0.25, -0.2) is 0 Å². The molecular formula is C25H39N3O3. The lowest BCUT2D eigenvalue weighted by atomic mass is 9.98. The predicted molar refractivity (Wildman–Crippen MR) is 123 cm³/mol. The van der Waals surface area contributed by atoms with Gasteiger partial charge in [-0.15, -0.1) is 0 Å². The second-order valence-electron chi connectivity index (χ2n) is 9.29. The molecule has 0 spiro atoms. The Morgan fingerprint density at radius 3 is 2.35 bits per heavy atom. The molecule has 0 saturated carbocycles. The van der Waals surface area contributed by atoms with Gasteiger partial charge in [-0.2, -0.15) is 0 Å². The Balaban J connectivity index is 1.34. The van der Waals surface area contributed by atoms with Gasteiger partial charge in [0.25, 0.3) is 5.91 Å². The number of nitrogens with zero attached hydrogens (tertiary/aromatic N) is 3. The second kappa shape index (κ2) is 10.7. The molecule has 6 heteroatoms. The molecule has 3 fully saturated rings. The van der Waals surface area contributed by atoms with E-state index < -0.39 is 0 Å². The van der Waals surface area contributed by atoms with Crippen molar-refractivity contribution in [3.05, 3.63) is 23.8 Å². The van der Waals surface area contributed by atoms with Gasteiger partial charge in [0.1, 0.15) is 17.6 Å². The van der Waals surface area contributed by atoms with Crippen molar-refractivity contribution in [1.29, 1.82) is 0 Å². The molecule has 0 aliphatic carbocycles. The van der Waals surface area contributed by atoms with Crippen molar-refractivity contribution in [1.82, 2.24) is 14.7 Å². The zero-order chi connectivity index (χ0) is 21.6. The summed E-state index contributed by atoms with van der Waals surface area (Å²) in [5.41, 5.74) is 0.674.